The quantitative estimate of drug-likeness (QED) is 0.849. The number of carbonyl (C=O) groups is 1. The van der Waals surface area contributed by atoms with Gasteiger partial charge in [-0.05, 0) is 42.5 Å². The molecule has 1 amide bonds. The summed E-state index contributed by atoms with van der Waals surface area (Å²) in [5.74, 6) is 6.00. The molecule has 1 heterocycles. The second kappa shape index (κ2) is 6.32. The molecule has 1 fully saturated rings. The number of benzene rings is 1. The third kappa shape index (κ3) is 4.09. The Bertz CT molecular complexity index is 593. The zero-order chi connectivity index (χ0) is 15.5. The second-order valence-corrected chi connectivity index (χ2v) is 6.50. The molecule has 3 nitrogen and oxygen atoms in total. The monoisotopic (exact) mass is 285 g/mol. The summed E-state index contributed by atoms with van der Waals surface area (Å²) in [6.45, 7) is 8.07. The molecule has 1 aliphatic rings. The van der Waals surface area contributed by atoms with Crippen LogP contribution in [-0.2, 0) is 0 Å². The first-order chi connectivity index (χ1) is 9.91. The van der Waals surface area contributed by atoms with Crippen molar-refractivity contribution in [3.8, 4) is 11.8 Å². The fourth-order valence-corrected chi connectivity index (χ4v) is 2.67. The summed E-state index contributed by atoms with van der Waals surface area (Å²) in [4.78, 5) is 14.5. The highest BCUT2D eigenvalue weighted by atomic mass is 16.2. The maximum absolute atomic E-state index is 12.6. The molecule has 1 N–H and O–H groups in total. The van der Waals surface area contributed by atoms with Crippen LogP contribution in [0.1, 0.15) is 48.2 Å². The molecule has 1 aliphatic heterocycles. The minimum atomic E-state index is 0.0630. The van der Waals surface area contributed by atoms with E-state index in [1.165, 1.54) is 0 Å². The number of hydrogen-bond acceptors (Lipinski definition) is 2. The van der Waals surface area contributed by atoms with Crippen molar-refractivity contribution in [2.45, 2.75) is 33.6 Å². The van der Waals surface area contributed by atoms with Crippen molar-refractivity contribution in [3.05, 3.63) is 34.9 Å². The molecule has 0 aromatic heterocycles. The van der Waals surface area contributed by atoms with E-state index in [4.69, 9.17) is 5.11 Å². The van der Waals surface area contributed by atoms with Crippen molar-refractivity contribution in [1.82, 2.24) is 4.90 Å². The topological polar surface area (TPSA) is 40.5 Å². The predicted molar refractivity (Wildman–Crippen MR) is 84.1 cm³/mol. The van der Waals surface area contributed by atoms with Crippen LogP contribution >= 0.6 is 0 Å². The molecule has 0 radical (unpaired) electrons. The molecule has 0 atom stereocenters. The number of nitrogens with zero attached hydrogens (tertiary/aromatic N) is 1. The van der Waals surface area contributed by atoms with E-state index in [0.29, 0.717) is 12.0 Å². The molecule has 112 valence electrons. The molecule has 1 saturated heterocycles. The Hall–Kier alpha value is -1.79. The number of likely N-dealkylation sites (tertiary alicyclic amines) is 1. The van der Waals surface area contributed by atoms with Gasteiger partial charge in [-0.1, -0.05) is 25.7 Å². The Balaban J connectivity index is 2.20. The maximum Gasteiger partial charge on any atom is 0.253 e. The smallest absolute Gasteiger partial charge is 0.253 e. The summed E-state index contributed by atoms with van der Waals surface area (Å²) in [7, 11) is 0. The number of aryl methyl sites for hydroxylation is 1. The maximum atomic E-state index is 12.6. The zero-order valence-electron chi connectivity index (χ0n) is 13.1. The van der Waals surface area contributed by atoms with E-state index in [2.05, 4.69) is 25.7 Å². The highest BCUT2D eigenvalue weighted by molar-refractivity contribution is 5.95. The van der Waals surface area contributed by atoms with Crippen LogP contribution in [0.15, 0.2) is 18.2 Å². The van der Waals surface area contributed by atoms with E-state index >= 15 is 0 Å². The third-order valence-electron chi connectivity index (χ3n) is 3.76. The van der Waals surface area contributed by atoms with Gasteiger partial charge in [-0.2, -0.15) is 0 Å². The van der Waals surface area contributed by atoms with Gasteiger partial charge >= 0.3 is 0 Å². The van der Waals surface area contributed by atoms with Gasteiger partial charge in [-0.15, -0.1) is 0 Å². The summed E-state index contributed by atoms with van der Waals surface area (Å²) in [5, 5.41) is 8.77. The van der Waals surface area contributed by atoms with Gasteiger partial charge in [0.2, 0.25) is 0 Å². The molecule has 1 aromatic rings. The SMILES string of the molecule is Cc1cc(C#CCCO)cc(C(=O)N2CCC(C)(C)C2)c1. The van der Waals surface area contributed by atoms with Gasteiger partial charge < -0.3 is 10.0 Å². The summed E-state index contributed by atoms with van der Waals surface area (Å²) < 4.78 is 0. The highest BCUT2D eigenvalue weighted by Crippen LogP contribution is 2.29. The molecule has 0 unspecified atom stereocenters. The van der Waals surface area contributed by atoms with Crippen LogP contribution < -0.4 is 0 Å². The number of rotatable bonds is 2. The van der Waals surface area contributed by atoms with Crippen molar-refractivity contribution >= 4 is 5.91 Å². The van der Waals surface area contributed by atoms with Crippen molar-refractivity contribution < 1.29 is 9.90 Å². The molecule has 0 aliphatic carbocycles. The summed E-state index contributed by atoms with van der Waals surface area (Å²) >= 11 is 0. The molecule has 1 aromatic carbocycles. The van der Waals surface area contributed by atoms with E-state index in [1.54, 1.807) is 0 Å². The lowest BCUT2D eigenvalue weighted by molar-refractivity contribution is 0.0778. The normalized spacial score (nSPS) is 16.5. The van der Waals surface area contributed by atoms with Crippen LogP contribution in [0, 0.1) is 24.2 Å². The van der Waals surface area contributed by atoms with Gasteiger partial charge in [0, 0.05) is 30.6 Å². The molecule has 0 spiro atoms. The third-order valence-corrected chi connectivity index (χ3v) is 3.76. The molecule has 2 rings (SSSR count). The van der Waals surface area contributed by atoms with Crippen LogP contribution in [0.5, 0.6) is 0 Å². The molecule has 21 heavy (non-hydrogen) atoms. The molecule has 0 bridgehead atoms. The van der Waals surface area contributed by atoms with Crippen LogP contribution in [0.25, 0.3) is 0 Å². The first-order valence-corrected chi connectivity index (χ1v) is 7.42. The fraction of sp³-hybridized carbons (Fsp3) is 0.500. The lowest BCUT2D eigenvalue weighted by atomic mass is 9.93. The van der Waals surface area contributed by atoms with Crippen molar-refractivity contribution in [2.24, 2.45) is 5.41 Å². The van der Waals surface area contributed by atoms with E-state index in [-0.39, 0.29) is 17.9 Å². The van der Waals surface area contributed by atoms with Crippen LogP contribution in [-0.4, -0.2) is 35.6 Å². The molecular weight excluding hydrogens is 262 g/mol. The Morgan fingerprint density at radius 2 is 2.14 bits per heavy atom. The number of aliphatic hydroxyl groups excluding tert-OH is 1. The van der Waals surface area contributed by atoms with Gasteiger partial charge in [0.15, 0.2) is 0 Å². The number of aliphatic hydroxyl groups is 1. The predicted octanol–water partition coefficient (Wildman–Crippen LogP) is 2.60. The summed E-state index contributed by atoms with van der Waals surface area (Å²) in [5.41, 5.74) is 2.79. The van der Waals surface area contributed by atoms with Gasteiger partial charge in [0.05, 0.1) is 6.61 Å². The van der Waals surface area contributed by atoms with Gasteiger partial charge in [0.1, 0.15) is 0 Å². The van der Waals surface area contributed by atoms with Crippen molar-refractivity contribution in [1.29, 1.82) is 0 Å². The number of hydrogen-bond donors (Lipinski definition) is 1. The Morgan fingerprint density at radius 3 is 2.76 bits per heavy atom. The van der Waals surface area contributed by atoms with Crippen LogP contribution in [0.4, 0.5) is 0 Å². The van der Waals surface area contributed by atoms with Crippen LogP contribution in [0.2, 0.25) is 0 Å². The zero-order valence-corrected chi connectivity index (χ0v) is 13.1. The van der Waals surface area contributed by atoms with Gasteiger partial charge in [-0.3, -0.25) is 4.79 Å². The minimum Gasteiger partial charge on any atom is -0.395 e. The Labute approximate surface area is 127 Å². The minimum absolute atomic E-state index is 0.0630. The largest absolute Gasteiger partial charge is 0.395 e. The average molecular weight is 285 g/mol. The summed E-state index contributed by atoms with van der Waals surface area (Å²) in [6.07, 6.45) is 1.51. The van der Waals surface area contributed by atoms with Gasteiger partial charge in [0.25, 0.3) is 5.91 Å². The van der Waals surface area contributed by atoms with E-state index in [0.717, 1.165) is 30.6 Å². The Kier molecular flexibility index (Phi) is 4.69. The van der Waals surface area contributed by atoms with Crippen molar-refractivity contribution in [3.63, 3.8) is 0 Å². The highest BCUT2D eigenvalue weighted by Gasteiger charge is 2.32. The second-order valence-electron chi connectivity index (χ2n) is 6.50. The lowest BCUT2D eigenvalue weighted by Crippen LogP contribution is -2.30. The van der Waals surface area contributed by atoms with E-state index in [9.17, 15) is 4.79 Å². The van der Waals surface area contributed by atoms with E-state index in [1.807, 2.05) is 30.0 Å². The fourth-order valence-electron chi connectivity index (χ4n) is 2.67. The van der Waals surface area contributed by atoms with Gasteiger partial charge in [-0.25, -0.2) is 0 Å². The standard InChI is InChI=1S/C18H23NO2/c1-14-10-15(6-4-5-9-20)12-16(11-14)17(21)19-8-7-18(2,3)13-19/h10-12,20H,5,7-9,13H2,1-3H3. The number of carbonyl (C=O) groups excluding carboxylic acids is 1. The lowest BCUT2D eigenvalue weighted by Gasteiger charge is -2.20. The van der Waals surface area contributed by atoms with Crippen LogP contribution in [0.3, 0.4) is 0 Å². The molecule has 3 heteroatoms. The van der Waals surface area contributed by atoms with Crippen molar-refractivity contribution in [2.75, 3.05) is 19.7 Å². The number of amides is 1. The summed E-state index contributed by atoms with van der Waals surface area (Å²) in [6, 6.07) is 5.74. The average Bonchev–Trinajstić information content (AvgIpc) is 2.78. The first kappa shape index (κ1) is 15.6. The molecular formula is C18H23NO2. The van der Waals surface area contributed by atoms with E-state index < -0.39 is 0 Å². The molecule has 0 saturated carbocycles. The first-order valence-electron chi connectivity index (χ1n) is 7.42. The Morgan fingerprint density at radius 1 is 1.38 bits per heavy atom.